The Morgan fingerprint density at radius 2 is 1.77 bits per heavy atom. The van der Waals surface area contributed by atoms with E-state index in [0.29, 0.717) is 24.2 Å². The molecule has 2 aliphatic heterocycles. The van der Waals surface area contributed by atoms with Gasteiger partial charge in [-0.1, -0.05) is 17.7 Å². The summed E-state index contributed by atoms with van der Waals surface area (Å²) in [5.74, 6) is 2.13. The van der Waals surface area contributed by atoms with Crippen LogP contribution in [0.5, 0.6) is 5.75 Å². The lowest BCUT2D eigenvalue weighted by Gasteiger charge is -2.42. The molecule has 0 atom stereocenters. The fourth-order valence-electron chi connectivity index (χ4n) is 6.14. The predicted molar refractivity (Wildman–Crippen MR) is 186 cm³/mol. The molecule has 9 nitrogen and oxygen atoms in total. The standard InChI is InChI=1S/C34H42IN7O2/c1-40-16-18-42(19-17-40)27-12-14-41(15-13-27)28-10-11-31(32(22-28)44-2)38-34-36-23-30(35)33(39-34)37-26-8-6-25(7-9-26)21-29(43)20-24-4-3-5-24/h6-11,20,22-23,27H,3-5,12-19,21H2,1-2H3,(H2,36,37,38,39). The van der Waals surface area contributed by atoms with Gasteiger partial charge in [-0.15, -0.1) is 0 Å². The van der Waals surface area contributed by atoms with E-state index in [1.165, 1.54) is 56.7 Å². The molecule has 0 unspecified atom stereocenters. The molecule has 44 heavy (non-hydrogen) atoms. The van der Waals surface area contributed by atoms with Gasteiger partial charge in [0, 0.05) is 75.4 Å². The zero-order chi connectivity index (χ0) is 30.5. The number of anilines is 5. The van der Waals surface area contributed by atoms with Gasteiger partial charge >= 0.3 is 0 Å². The Morgan fingerprint density at radius 3 is 2.45 bits per heavy atom. The van der Waals surface area contributed by atoms with Gasteiger partial charge in [0.2, 0.25) is 5.95 Å². The largest absolute Gasteiger partial charge is 0.494 e. The van der Waals surface area contributed by atoms with E-state index in [9.17, 15) is 4.79 Å². The third-order valence-corrected chi connectivity index (χ3v) is 9.80. The number of piperazine rings is 1. The van der Waals surface area contributed by atoms with Crippen LogP contribution in [0.1, 0.15) is 37.7 Å². The fraction of sp³-hybridized carbons (Fsp3) is 0.441. The molecule has 1 aliphatic carbocycles. The Bertz CT molecular complexity index is 1470. The molecule has 0 spiro atoms. The van der Waals surface area contributed by atoms with E-state index in [4.69, 9.17) is 9.72 Å². The van der Waals surface area contributed by atoms with Crippen LogP contribution in [0.3, 0.4) is 0 Å². The predicted octanol–water partition coefficient (Wildman–Crippen LogP) is 6.02. The summed E-state index contributed by atoms with van der Waals surface area (Å²) in [5, 5.41) is 6.75. The van der Waals surface area contributed by atoms with Crippen molar-refractivity contribution in [3.8, 4) is 5.75 Å². The summed E-state index contributed by atoms with van der Waals surface area (Å²) in [5.41, 5.74) is 5.19. The summed E-state index contributed by atoms with van der Waals surface area (Å²) in [7, 11) is 3.92. The maximum absolute atomic E-state index is 12.3. The Morgan fingerprint density at radius 1 is 1.02 bits per heavy atom. The third-order valence-electron chi connectivity index (χ3n) is 9.02. The Balaban J connectivity index is 1.06. The van der Waals surface area contributed by atoms with Crippen LogP contribution in [0.15, 0.2) is 60.3 Å². The van der Waals surface area contributed by atoms with Crippen molar-refractivity contribution >= 4 is 57.2 Å². The number of nitrogens with zero attached hydrogens (tertiary/aromatic N) is 5. The van der Waals surface area contributed by atoms with Crippen molar-refractivity contribution in [2.75, 3.05) is 69.0 Å². The van der Waals surface area contributed by atoms with Crippen molar-refractivity contribution in [1.29, 1.82) is 0 Å². The van der Waals surface area contributed by atoms with E-state index in [1.54, 1.807) is 13.3 Å². The van der Waals surface area contributed by atoms with Crippen molar-refractivity contribution < 1.29 is 9.53 Å². The molecular weight excluding hydrogens is 665 g/mol. The number of carbonyl (C=O) groups is 1. The zero-order valence-corrected chi connectivity index (χ0v) is 27.8. The van der Waals surface area contributed by atoms with Crippen molar-refractivity contribution in [2.24, 2.45) is 0 Å². The lowest BCUT2D eigenvalue weighted by atomic mass is 9.91. The molecule has 232 valence electrons. The van der Waals surface area contributed by atoms with Crippen LogP contribution in [0.2, 0.25) is 0 Å². The van der Waals surface area contributed by atoms with E-state index in [0.717, 1.165) is 52.2 Å². The molecule has 3 aromatic rings. The summed E-state index contributed by atoms with van der Waals surface area (Å²) in [6, 6.07) is 15.0. The molecule has 1 aromatic heterocycles. The summed E-state index contributed by atoms with van der Waals surface area (Å²) in [4.78, 5) is 29.2. The second-order valence-electron chi connectivity index (χ2n) is 12.1. The number of rotatable bonds is 10. The van der Waals surface area contributed by atoms with Crippen molar-refractivity contribution in [2.45, 2.75) is 44.6 Å². The fourth-order valence-corrected chi connectivity index (χ4v) is 6.53. The number of hydrogen-bond donors (Lipinski definition) is 2. The van der Waals surface area contributed by atoms with E-state index < -0.39 is 0 Å². The molecule has 2 saturated heterocycles. The van der Waals surface area contributed by atoms with Crippen LogP contribution >= 0.6 is 22.6 Å². The maximum atomic E-state index is 12.3. The van der Waals surface area contributed by atoms with Crippen LogP contribution in [-0.2, 0) is 11.2 Å². The number of ketones is 1. The highest BCUT2D eigenvalue weighted by Crippen LogP contribution is 2.34. The minimum Gasteiger partial charge on any atom is -0.494 e. The lowest BCUT2D eigenvalue weighted by molar-refractivity contribution is -0.114. The molecule has 1 saturated carbocycles. The van der Waals surface area contributed by atoms with Crippen molar-refractivity contribution in [1.82, 2.24) is 19.8 Å². The van der Waals surface area contributed by atoms with Crippen LogP contribution < -0.4 is 20.3 Å². The molecule has 0 amide bonds. The highest BCUT2D eigenvalue weighted by Gasteiger charge is 2.27. The monoisotopic (exact) mass is 707 g/mol. The van der Waals surface area contributed by atoms with Crippen LogP contribution in [0.25, 0.3) is 0 Å². The zero-order valence-electron chi connectivity index (χ0n) is 25.7. The van der Waals surface area contributed by atoms with Gasteiger partial charge in [-0.25, -0.2) is 4.98 Å². The van der Waals surface area contributed by atoms with Gasteiger partial charge in [0.05, 0.1) is 16.4 Å². The molecule has 0 radical (unpaired) electrons. The van der Waals surface area contributed by atoms with Gasteiger partial charge < -0.3 is 25.2 Å². The smallest absolute Gasteiger partial charge is 0.229 e. The highest BCUT2D eigenvalue weighted by atomic mass is 127. The Kier molecular flexibility index (Phi) is 9.98. The van der Waals surface area contributed by atoms with Crippen LogP contribution in [0.4, 0.5) is 28.8 Å². The number of nitrogens with one attached hydrogen (secondary N) is 2. The van der Waals surface area contributed by atoms with E-state index in [-0.39, 0.29) is 5.78 Å². The number of likely N-dealkylation sites (N-methyl/N-ethyl adjacent to an activating group) is 1. The minimum absolute atomic E-state index is 0.177. The first-order chi connectivity index (χ1) is 21.4. The van der Waals surface area contributed by atoms with Crippen molar-refractivity contribution in [3.63, 3.8) is 0 Å². The highest BCUT2D eigenvalue weighted by molar-refractivity contribution is 14.1. The average molecular weight is 708 g/mol. The molecule has 3 heterocycles. The molecule has 3 fully saturated rings. The van der Waals surface area contributed by atoms with Gasteiger partial charge in [-0.3, -0.25) is 9.69 Å². The van der Waals surface area contributed by atoms with Gasteiger partial charge in [0.15, 0.2) is 5.78 Å². The number of benzene rings is 2. The van der Waals surface area contributed by atoms with E-state index in [1.807, 2.05) is 30.3 Å². The van der Waals surface area contributed by atoms with Crippen LogP contribution in [0, 0.1) is 3.57 Å². The quantitative estimate of drug-likeness (QED) is 0.194. The molecule has 3 aliphatic rings. The maximum Gasteiger partial charge on any atom is 0.229 e. The first-order valence-corrected chi connectivity index (χ1v) is 16.7. The summed E-state index contributed by atoms with van der Waals surface area (Å²) in [6.07, 6.45) is 9.77. The van der Waals surface area contributed by atoms with Gasteiger partial charge in [0.1, 0.15) is 11.6 Å². The van der Waals surface area contributed by atoms with E-state index in [2.05, 4.69) is 78.2 Å². The summed E-state index contributed by atoms with van der Waals surface area (Å²) >= 11 is 2.24. The van der Waals surface area contributed by atoms with E-state index >= 15 is 0 Å². The Labute approximate surface area is 274 Å². The van der Waals surface area contributed by atoms with Crippen molar-refractivity contribution in [3.05, 3.63) is 69.4 Å². The molecule has 0 bridgehead atoms. The van der Waals surface area contributed by atoms with Gasteiger partial charge in [-0.2, -0.15) is 4.98 Å². The number of halogens is 1. The Hall–Kier alpha value is -3.22. The molecule has 2 N–H and O–H groups in total. The minimum atomic E-state index is 0.177. The number of ether oxygens (including phenoxy) is 1. The second-order valence-corrected chi connectivity index (χ2v) is 13.2. The number of piperidine rings is 1. The normalized spacial score (nSPS) is 18.1. The molecule has 2 aromatic carbocycles. The molecular formula is C34H42IN7O2. The number of allylic oxidation sites excluding steroid dienone is 2. The summed E-state index contributed by atoms with van der Waals surface area (Å²) in [6.45, 7) is 6.81. The molecule has 6 rings (SSSR count). The van der Waals surface area contributed by atoms with Crippen LogP contribution in [-0.4, -0.2) is 85.0 Å². The first-order valence-electron chi connectivity index (χ1n) is 15.7. The number of hydrogen-bond acceptors (Lipinski definition) is 9. The number of carbonyl (C=O) groups excluding carboxylic acids is 1. The second kappa shape index (κ2) is 14.3. The number of methoxy groups -OCH3 is 1. The SMILES string of the molecule is COc1cc(N2CCC(N3CCN(C)CC3)CC2)ccc1Nc1ncc(I)c(Nc2ccc(CC(=O)C=C3CCC3)cc2)n1. The lowest BCUT2D eigenvalue weighted by Crippen LogP contribution is -2.52. The number of aromatic nitrogens is 2. The summed E-state index contributed by atoms with van der Waals surface area (Å²) < 4.78 is 6.70. The third kappa shape index (κ3) is 7.70. The molecule has 10 heteroatoms. The topological polar surface area (TPSA) is 85.9 Å². The first kappa shape index (κ1) is 30.8. The average Bonchev–Trinajstić information content (AvgIpc) is 3.02. The van der Waals surface area contributed by atoms with Gasteiger partial charge in [0.25, 0.3) is 0 Å². The van der Waals surface area contributed by atoms with Gasteiger partial charge in [-0.05, 0) is 97.6 Å².